The minimum atomic E-state index is -0.0914. The summed E-state index contributed by atoms with van der Waals surface area (Å²) in [4.78, 5) is 11.7. The van der Waals surface area contributed by atoms with Crippen LogP contribution in [-0.2, 0) is 4.79 Å². The number of carbonyl (C=O) groups excluding carboxylic acids is 1. The van der Waals surface area contributed by atoms with Crippen LogP contribution in [-0.4, -0.2) is 12.5 Å². The Hall–Kier alpha value is -1.35. The Balaban J connectivity index is 2.61. The Labute approximate surface area is 90.7 Å². The van der Waals surface area contributed by atoms with Crippen LogP contribution in [0.4, 0.5) is 5.69 Å². The molecule has 1 aromatic carbocycles. The average Bonchev–Trinajstić information content (AvgIpc) is 2.23. The molecule has 3 heteroatoms. The standard InChI is InChI=1S/C12H18N2O/c1-3-10(8-13)12(15)14-11-6-4-9(2)5-7-11/h4-7,10H,3,8,13H2,1-2H3,(H,14,15). The zero-order valence-corrected chi connectivity index (χ0v) is 9.29. The van der Waals surface area contributed by atoms with Crippen molar-refractivity contribution in [2.45, 2.75) is 20.3 Å². The van der Waals surface area contributed by atoms with Gasteiger partial charge in [0, 0.05) is 12.2 Å². The largest absolute Gasteiger partial charge is 0.330 e. The second kappa shape index (κ2) is 5.51. The van der Waals surface area contributed by atoms with Gasteiger partial charge in [-0.05, 0) is 25.5 Å². The number of anilines is 1. The van der Waals surface area contributed by atoms with Crippen molar-refractivity contribution in [3.8, 4) is 0 Å². The van der Waals surface area contributed by atoms with Crippen LogP contribution in [0.2, 0.25) is 0 Å². The van der Waals surface area contributed by atoms with Gasteiger partial charge in [0.1, 0.15) is 0 Å². The second-order valence-corrected chi connectivity index (χ2v) is 3.70. The van der Waals surface area contributed by atoms with E-state index in [9.17, 15) is 4.79 Å². The van der Waals surface area contributed by atoms with Crippen LogP contribution in [0.25, 0.3) is 0 Å². The molecule has 3 N–H and O–H groups in total. The highest BCUT2D eigenvalue weighted by Crippen LogP contribution is 2.11. The minimum absolute atomic E-state index is 0.00357. The predicted octanol–water partition coefficient (Wildman–Crippen LogP) is 1.92. The van der Waals surface area contributed by atoms with E-state index in [0.29, 0.717) is 6.54 Å². The summed E-state index contributed by atoms with van der Waals surface area (Å²) >= 11 is 0. The molecule has 0 aromatic heterocycles. The third-order valence-electron chi connectivity index (χ3n) is 2.47. The second-order valence-electron chi connectivity index (χ2n) is 3.70. The van der Waals surface area contributed by atoms with Crippen molar-refractivity contribution in [3.63, 3.8) is 0 Å². The predicted molar refractivity (Wildman–Crippen MR) is 62.6 cm³/mol. The molecular weight excluding hydrogens is 188 g/mol. The molecule has 1 atom stereocenters. The van der Waals surface area contributed by atoms with Gasteiger partial charge in [0.2, 0.25) is 5.91 Å². The molecule has 82 valence electrons. The highest BCUT2D eigenvalue weighted by atomic mass is 16.1. The van der Waals surface area contributed by atoms with Gasteiger partial charge in [0.25, 0.3) is 0 Å². The molecule has 1 rings (SSSR count). The van der Waals surface area contributed by atoms with Crippen LogP contribution < -0.4 is 11.1 Å². The van der Waals surface area contributed by atoms with E-state index in [0.717, 1.165) is 12.1 Å². The molecule has 0 aliphatic rings. The van der Waals surface area contributed by atoms with E-state index >= 15 is 0 Å². The topological polar surface area (TPSA) is 55.1 Å². The van der Waals surface area contributed by atoms with Crippen molar-refractivity contribution in [3.05, 3.63) is 29.8 Å². The molecule has 0 aliphatic carbocycles. The Morgan fingerprint density at radius 1 is 1.40 bits per heavy atom. The first-order valence-corrected chi connectivity index (χ1v) is 5.25. The number of benzene rings is 1. The quantitative estimate of drug-likeness (QED) is 0.790. The Kier molecular flexibility index (Phi) is 4.31. The summed E-state index contributed by atoms with van der Waals surface area (Å²) in [6, 6.07) is 7.74. The van der Waals surface area contributed by atoms with Crippen LogP contribution in [0.1, 0.15) is 18.9 Å². The molecular formula is C12H18N2O. The average molecular weight is 206 g/mol. The van der Waals surface area contributed by atoms with Crippen molar-refractivity contribution < 1.29 is 4.79 Å². The van der Waals surface area contributed by atoms with Crippen LogP contribution in [0.15, 0.2) is 24.3 Å². The molecule has 1 aromatic rings. The molecule has 0 saturated carbocycles. The van der Waals surface area contributed by atoms with E-state index in [1.165, 1.54) is 5.56 Å². The molecule has 0 aliphatic heterocycles. The number of hydrogen-bond donors (Lipinski definition) is 2. The summed E-state index contributed by atoms with van der Waals surface area (Å²) in [5.41, 5.74) is 7.51. The maximum atomic E-state index is 11.7. The molecule has 0 bridgehead atoms. The molecule has 1 amide bonds. The van der Waals surface area contributed by atoms with Gasteiger partial charge in [0.15, 0.2) is 0 Å². The third-order valence-corrected chi connectivity index (χ3v) is 2.47. The van der Waals surface area contributed by atoms with Gasteiger partial charge in [-0.1, -0.05) is 24.6 Å². The summed E-state index contributed by atoms with van der Waals surface area (Å²) in [6.07, 6.45) is 0.772. The van der Waals surface area contributed by atoms with Crippen LogP contribution in [0, 0.1) is 12.8 Å². The fraction of sp³-hybridized carbons (Fsp3) is 0.417. The first-order valence-electron chi connectivity index (χ1n) is 5.25. The molecule has 15 heavy (non-hydrogen) atoms. The van der Waals surface area contributed by atoms with Gasteiger partial charge < -0.3 is 11.1 Å². The fourth-order valence-electron chi connectivity index (χ4n) is 1.34. The zero-order chi connectivity index (χ0) is 11.3. The zero-order valence-electron chi connectivity index (χ0n) is 9.29. The van der Waals surface area contributed by atoms with Crippen molar-refractivity contribution in [2.24, 2.45) is 11.7 Å². The number of amides is 1. The number of hydrogen-bond acceptors (Lipinski definition) is 2. The Morgan fingerprint density at radius 3 is 2.47 bits per heavy atom. The number of aryl methyl sites for hydroxylation is 1. The molecule has 0 spiro atoms. The first-order chi connectivity index (χ1) is 7.17. The van der Waals surface area contributed by atoms with E-state index in [1.54, 1.807) is 0 Å². The van der Waals surface area contributed by atoms with E-state index in [-0.39, 0.29) is 11.8 Å². The van der Waals surface area contributed by atoms with Gasteiger partial charge >= 0.3 is 0 Å². The lowest BCUT2D eigenvalue weighted by atomic mass is 10.1. The number of carbonyl (C=O) groups is 1. The molecule has 0 heterocycles. The number of rotatable bonds is 4. The molecule has 0 saturated heterocycles. The third kappa shape index (κ3) is 3.36. The highest BCUT2D eigenvalue weighted by Gasteiger charge is 2.13. The van der Waals surface area contributed by atoms with Crippen molar-refractivity contribution in [1.29, 1.82) is 0 Å². The summed E-state index contributed by atoms with van der Waals surface area (Å²) in [7, 11) is 0. The normalized spacial score (nSPS) is 12.2. The lowest BCUT2D eigenvalue weighted by Crippen LogP contribution is -2.28. The summed E-state index contributed by atoms with van der Waals surface area (Å²) in [5.74, 6) is -0.0878. The molecule has 0 radical (unpaired) electrons. The van der Waals surface area contributed by atoms with Crippen LogP contribution in [0.5, 0.6) is 0 Å². The summed E-state index contributed by atoms with van der Waals surface area (Å²) in [5, 5.41) is 2.85. The highest BCUT2D eigenvalue weighted by molar-refractivity contribution is 5.92. The Bertz CT molecular complexity index is 315. The van der Waals surface area contributed by atoms with Crippen molar-refractivity contribution in [2.75, 3.05) is 11.9 Å². The molecule has 0 fully saturated rings. The van der Waals surface area contributed by atoms with Gasteiger partial charge in [-0.3, -0.25) is 4.79 Å². The summed E-state index contributed by atoms with van der Waals surface area (Å²) < 4.78 is 0. The van der Waals surface area contributed by atoms with Gasteiger partial charge in [-0.2, -0.15) is 0 Å². The van der Waals surface area contributed by atoms with Gasteiger partial charge in [0.05, 0.1) is 5.92 Å². The van der Waals surface area contributed by atoms with E-state index < -0.39 is 0 Å². The molecule has 3 nitrogen and oxygen atoms in total. The number of nitrogens with two attached hydrogens (primary N) is 1. The molecule has 1 unspecified atom stereocenters. The van der Waals surface area contributed by atoms with E-state index in [1.807, 2.05) is 38.1 Å². The lowest BCUT2D eigenvalue weighted by Gasteiger charge is -2.12. The maximum Gasteiger partial charge on any atom is 0.228 e. The van der Waals surface area contributed by atoms with Crippen LogP contribution >= 0.6 is 0 Å². The fourth-order valence-corrected chi connectivity index (χ4v) is 1.34. The van der Waals surface area contributed by atoms with Gasteiger partial charge in [-0.25, -0.2) is 0 Å². The first kappa shape index (κ1) is 11.7. The van der Waals surface area contributed by atoms with E-state index in [2.05, 4.69) is 5.32 Å². The Morgan fingerprint density at radius 2 is 2.00 bits per heavy atom. The maximum absolute atomic E-state index is 11.7. The minimum Gasteiger partial charge on any atom is -0.330 e. The summed E-state index contributed by atoms with van der Waals surface area (Å²) in [6.45, 7) is 4.38. The SMILES string of the molecule is CCC(CN)C(=O)Nc1ccc(C)cc1. The monoisotopic (exact) mass is 206 g/mol. The van der Waals surface area contributed by atoms with E-state index in [4.69, 9.17) is 5.73 Å². The van der Waals surface area contributed by atoms with Crippen molar-refractivity contribution >= 4 is 11.6 Å². The number of nitrogens with one attached hydrogen (secondary N) is 1. The smallest absolute Gasteiger partial charge is 0.228 e. The van der Waals surface area contributed by atoms with Crippen molar-refractivity contribution in [1.82, 2.24) is 0 Å². The van der Waals surface area contributed by atoms with Gasteiger partial charge in [-0.15, -0.1) is 0 Å². The van der Waals surface area contributed by atoms with Crippen LogP contribution in [0.3, 0.4) is 0 Å². The lowest BCUT2D eigenvalue weighted by molar-refractivity contribution is -0.119.